The van der Waals surface area contributed by atoms with Crippen LogP contribution in [0.4, 0.5) is 5.82 Å². The fourth-order valence-corrected chi connectivity index (χ4v) is 2.15. The van der Waals surface area contributed by atoms with E-state index < -0.39 is 0 Å². The molecule has 2 rings (SSSR count). The van der Waals surface area contributed by atoms with Crippen LogP contribution in [0.2, 0.25) is 5.02 Å². The molecule has 0 spiro atoms. The average molecular weight is 304 g/mol. The predicted octanol–water partition coefficient (Wildman–Crippen LogP) is 4.67. The third-order valence-electron chi connectivity index (χ3n) is 3.22. The van der Waals surface area contributed by atoms with Crippen molar-refractivity contribution >= 4 is 17.4 Å². The number of nitrogens with one attached hydrogen (secondary N) is 1. The van der Waals surface area contributed by atoms with Crippen molar-refractivity contribution in [2.24, 2.45) is 0 Å². The number of hydrogen-bond acceptors (Lipinski definition) is 3. The number of anilines is 1. The van der Waals surface area contributed by atoms with Crippen molar-refractivity contribution in [3.05, 3.63) is 52.4 Å². The molecule has 0 fully saturated rings. The topological polar surface area (TPSA) is 37.8 Å². The summed E-state index contributed by atoms with van der Waals surface area (Å²) in [5.41, 5.74) is 2.24. The molecule has 0 saturated carbocycles. The van der Waals surface area contributed by atoms with E-state index in [4.69, 9.17) is 11.6 Å². The van der Waals surface area contributed by atoms with Gasteiger partial charge in [-0.3, -0.25) is 0 Å². The Kier molecular flexibility index (Phi) is 5.57. The molecule has 4 heteroatoms. The molecule has 1 heterocycles. The highest BCUT2D eigenvalue weighted by atomic mass is 35.5. The maximum absolute atomic E-state index is 5.92. The Morgan fingerprint density at radius 1 is 1.14 bits per heavy atom. The van der Waals surface area contributed by atoms with Crippen LogP contribution in [-0.4, -0.2) is 16.5 Å². The molecule has 21 heavy (non-hydrogen) atoms. The number of halogens is 1. The van der Waals surface area contributed by atoms with Crippen LogP contribution in [0.15, 0.2) is 30.3 Å². The fourth-order valence-electron chi connectivity index (χ4n) is 2.02. The molecule has 0 aliphatic rings. The van der Waals surface area contributed by atoms with Gasteiger partial charge in [0.05, 0.1) is 0 Å². The summed E-state index contributed by atoms with van der Waals surface area (Å²) in [7, 11) is 0. The zero-order chi connectivity index (χ0) is 15.2. The van der Waals surface area contributed by atoms with Crippen LogP contribution in [-0.2, 0) is 6.42 Å². The van der Waals surface area contributed by atoms with E-state index in [2.05, 4.69) is 36.1 Å². The minimum Gasteiger partial charge on any atom is -0.370 e. The van der Waals surface area contributed by atoms with E-state index in [0.717, 1.165) is 41.7 Å². The van der Waals surface area contributed by atoms with Crippen LogP contribution in [0, 0.1) is 0 Å². The predicted molar refractivity (Wildman–Crippen MR) is 89.2 cm³/mol. The highest BCUT2D eigenvalue weighted by molar-refractivity contribution is 6.30. The molecule has 0 radical (unpaired) electrons. The molecule has 0 amide bonds. The first-order chi connectivity index (χ1) is 10.1. The maximum atomic E-state index is 5.92. The smallest absolute Gasteiger partial charge is 0.135 e. The van der Waals surface area contributed by atoms with Gasteiger partial charge in [-0.2, -0.15) is 0 Å². The quantitative estimate of drug-likeness (QED) is 0.843. The minimum atomic E-state index is 0.388. The second-order valence-electron chi connectivity index (χ2n) is 5.48. The second-order valence-corrected chi connectivity index (χ2v) is 5.92. The molecule has 2 aromatic rings. The standard InChI is InChI=1S/C17H22ClN3/c1-4-9-19-16-11-15(12(2)3)20-17(21-16)10-13-5-7-14(18)8-6-13/h5-8,11-12H,4,9-10H2,1-3H3,(H,19,20,21). The molecule has 1 aromatic heterocycles. The van der Waals surface area contributed by atoms with Crippen molar-refractivity contribution < 1.29 is 0 Å². The van der Waals surface area contributed by atoms with Gasteiger partial charge >= 0.3 is 0 Å². The van der Waals surface area contributed by atoms with Crippen LogP contribution >= 0.6 is 11.6 Å². The third-order valence-corrected chi connectivity index (χ3v) is 3.47. The van der Waals surface area contributed by atoms with Gasteiger partial charge in [-0.15, -0.1) is 0 Å². The van der Waals surface area contributed by atoms with Crippen LogP contribution in [0.3, 0.4) is 0 Å². The average Bonchev–Trinajstić information content (AvgIpc) is 2.47. The van der Waals surface area contributed by atoms with Gasteiger partial charge in [0.25, 0.3) is 0 Å². The van der Waals surface area contributed by atoms with Crippen molar-refractivity contribution in [1.29, 1.82) is 0 Å². The molecule has 0 atom stereocenters. The van der Waals surface area contributed by atoms with Crippen LogP contribution < -0.4 is 5.32 Å². The lowest BCUT2D eigenvalue weighted by Crippen LogP contribution is -2.08. The van der Waals surface area contributed by atoms with Gasteiger partial charge < -0.3 is 5.32 Å². The van der Waals surface area contributed by atoms with E-state index in [1.807, 2.05) is 30.3 Å². The molecule has 0 aliphatic carbocycles. The van der Waals surface area contributed by atoms with E-state index in [-0.39, 0.29) is 0 Å². The van der Waals surface area contributed by atoms with Gasteiger partial charge in [0.1, 0.15) is 11.6 Å². The lowest BCUT2D eigenvalue weighted by molar-refractivity contribution is 0.790. The van der Waals surface area contributed by atoms with Crippen LogP contribution in [0.5, 0.6) is 0 Å². The Balaban J connectivity index is 2.24. The van der Waals surface area contributed by atoms with Gasteiger partial charge in [-0.1, -0.05) is 44.5 Å². The maximum Gasteiger partial charge on any atom is 0.135 e. The third kappa shape index (κ3) is 4.71. The second kappa shape index (κ2) is 7.41. The van der Waals surface area contributed by atoms with Crippen molar-refractivity contribution in [1.82, 2.24) is 9.97 Å². The fraction of sp³-hybridized carbons (Fsp3) is 0.412. The molecule has 1 N–H and O–H groups in total. The Morgan fingerprint density at radius 3 is 2.48 bits per heavy atom. The van der Waals surface area contributed by atoms with Gasteiger partial charge in [0, 0.05) is 29.7 Å². The zero-order valence-electron chi connectivity index (χ0n) is 12.9. The highest BCUT2D eigenvalue weighted by Gasteiger charge is 2.08. The molecule has 1 aromatic carbocycles. The van der Waals surface area contributed by atoms with E-state index in [1.54, 1.807) is 0 Å². The normalized spacial score (nSPS) is 10.9. The molecule has 0 aliphatic heterocycles. The summed E-state index contributed by atoms with van der Waals surface area (Å²) in [6, 6.07) is 9.89. The Labute approximate surface area is 131 Å². The van der Waals surface area contributed by atoms with E-state index in [9.17, 15) is 0 Å². The number of benzene rings is 1. The largest absolute Gasteiger partial charge is 0.370 e. The number of rotatable bonds is 6. The zero-order valence-corrected chi connectivity index (χ0v) is 13.6. The van der Waals surface area contributed by atoms with Crippen molar-refractivity contribution in [3.63, 3.8) is 0 Å². The summed E-state index contributed by atoms with van der Waals surface area (Å²) >= 11 is 5.92. The number of hydrogen-bond donors (Lipinski definition) is 1. The lowest BCUT2D eigenvalue weighted by Gasteiger charge is -2.11. The number of nitrogens with zero attached hydrogens (tertiary/aromatic N) is 2. The first kappa shape index (κ1) is 15.8. The SMILES string of the molecule is CCCNc1cc(C(C)C)nc(Cc2ccc(Cl)cc2)n1. The molecule has 0 unspecified atom stereocenters. The van der Waals surface area contributed by atoms with E-state index in [0.29, 0.717) is 5.92 Å². The van der Waals surface area contributed by atoms with Crippen molar-refractivity contribution in [3.8, 4) is 0 Å². The first-order valence-corrected chi connectivity index (χ1v) is 7.82. The molecule has 0 bridgehead atoms. The molecule has 112 valence electrons. The summed E-state index contributed by atoms with van der Waals surface area (Å²) < 4.78 is 0. The van der Waals surface area contributed by atoms with Crippen molar-refractivity contribution in [2.45, 2.75) is 39.5 Å². The summed E-state index contributed by atoms with van der Waals surface area (Å²) in [5.74, 6) is 2.15. The lowest BCUT2D eigenvalue weighted by atomic mass is 10.1. The summed E-state index contributed by atoms with van der Waals surface area (Å²) in [4.78, 5) is 9.29. The monoisotopic (exact) mass is 303 g/mol. The minimum absolute atomic E-state index is 0.388. The summed E-state index contributed by atoms with van der Waals surface area (Å²) in [6.45, 7) is 7.37. The summed E-state index contributed by atoms with van der Waals surface area (Å²) in [5, 5.41) is 4.10. The Morgan fingerprint density at radius 2 is 1.86 bits per heavy atom. The Hall–Kier alpha value is -1.61. The molecule has 0 saturated heterocycles. The van der Waals surface area contributed by atoms with Gasteiger partial charge in [0.15, 0.2) is 0 Å². The molecular formula is C17H22ClN3. The summed E-state index contributed by atoms with van der Waals surface area (Å²) in [6.07, 6.45) is 1.80. The first-order valence-electron chi connectivity index (χ1n) is 7.44. The number of aromatic nitrogens is 2. The Bertz CT molecular complexity index is 579. The molecular weight excluding hydrogens is 282 g/mol. The van der Waals surface area contributed by atoms with Crippen LogP contribution in [0.25, 0.3) is 0 Å². The van der Waals surface area contributed by atoms with Crippen molar-refractivity contribution in [2.75, 3.05) is 11.9 Å². The van der Waals surface area contributed by atoms with E-state index in [1.165, 1.54) is 5.56 Å². The highest BCUT2D eigenvalue weighted by Crippen LogP contribution is 2.18. The van der Waals surface area contributed by atoms with Gasteiger partial charge in [0.2, 0.25) is 0 Å². The van der Waals surface area contributed by atoms with Gasteiger partial charge in [-0.25, -0.2) is 9.97 Å². The van der Waals surface area contributed by atoms with E-state index >= 15 is 0 Å². The van der Waals surface area contributed by atoms with Gasteiger partial charge in [-0.05, 0) is 30.0 Å². The van der Waals surface area contributed by atoms with Crippen LogP contribution in [0.1, 0.15) is 50.2 Å². The molecule has 3 nitrogen and oxygen atoms in total.